The lowest BCUT2D eigenvalue weighted by Gasteiger charge is -2.16. The molecule has 0 radical (unpaired) electrons. The highest BCUT2D eigenvalue weighted by atomic mass is 79.9. The Morgan fingerprint density at radius 2 is 2.03 bits per heavy atom. The van der Waals surface area contributed by atoms with Crippen LogP contribution in [-0.4, -0.2) is 33.7 Å². The lowest BCUT2D eigenvalue weighted by Crippen LogP contribution is -2.42. The summed E-state index contributed by atoms with van der Waals surface area (Å²) in [5, 5.41) is 9.61. The number of hydrogen-bond acceptors (Lipinski definition) is 5. The van der Waals surface area contributed by atoms with E-state index < -0.39 is 12.1 Å². The molecule has 164 valence electrons. The summed E-state index contributed by atoms with van der Waals surface area (Å²) >= 11 is 3.20. The molecule has 2 rings (SSSR count). The molecule has 31 heavy (non-hydrogen) atoms. The Morgan fingerprint density at radius 1 is 1.32 bits per heavy atom. The van der Waals surface area contributed by atoms with Gasteiger partial charge in [0.25, 0.3) is 5.91 Å². The normalized spacial score (nSPS) is 13.6. The molecule has 1 unspecified atom stereocenters. The Bertz CT molecular complexity index is 1030. The number of amides is 2. The zero-order valence-corrected chi connectivity index (χ0v) is 19.6. The molecule has 9 heteroatoms. The lowest BCUT2D eigenvalue weighted by molar-refractivity contribution is -0.118. The molecule has 2 aromatic rings. The summed E-state index contributed by atoms with van der Waals surface area (Å²) in [5.41, 5.74) is 5.92. The highest BCUT2D eigenvalue weighted by molar-refractivity contribution is 9.12. The smallest absolute Gasteiger partial charge is 0.279 e. The molecule has 1 atom stereocenters. The quantitative estimate of drug-likeness (QED) is 0.140. The van der Waals surface area contributed by atoms with Gasteiger partial charge in [-0.1, -0.05) is 37.8 Å². The summed E-state index contributed by atoms with van der Waals surface area (Å²) in [6, 6.07) is 7.43. The maximum Gasteiger partial charge on any atom is 0.279 e. The van der Waals surface area contributed by atoms with Crippen LogP contribution in [-0.2, 0) is 9.59 Å². The Morgan fingerprint density at radius 3 is 2.65 bits per heavy atom. The maximum absolute atomic E-state index is 12.6. The molecule has 0 aliphatic heterocycles. The van der Waals surface area contributed by atoms with Crippen molar-refractivity contribution in [3.63, 3.8) is 0 Å². The van der Waals surface area contributed by atoms with Gasteiger partial charge in [0.15, 0.2) is 5.71 Å². The van der Waals surface area contributed by atoms with E-state index in [2.05, 4.69) is 53.6 Å². The summed E-state index contributed by atoms with van der Waals surface area (Å²) in [4.78, 5) is 32.5. The predicted octanol–water partition coefficient (Wildman–Crippen LogP) is 4.12. The van der Waals surface area contributed by atoms with Gasteiger partial charge in [-0.25, -0.2) is 4.98 Å². The van der Waals surface area contributed by atoms with Crippen molar-refractivity contribution in [2.24, 2.45) is 5.10 Å². The van der Waals surface area contributed by atoms with Gasteiger partial charge < -0.3 is 10.3 Å². The molecule has 0 spiro atoms. The number of nitrogens with one attached hydrogen (secondary N) is 4. The van der Waals surface area contributed by atoms with Crippen molar-refractivity contribution in [1.29, 1.82) is 0 Å². The molecule has 0 fully saturated rings. The number of carbonyl (C=O) groups is 2. The molecule has 1 aromatic carbocycles. The highest BCUT2D eigenvalue weighted by Crippen LogP contribution is 2.14. The van der Waals surface area contributed by atoms with Crippen LogP contribution in [0.25, 0.3) is 11.0 Å². The highest BCUT2D eigenvalue weighted by Gasteiger charge is 2.17. The summed E-state index contributed by atoms with van der Waals surface area (Å²) in [5.74, 6) is -0.407. The van der Waals surface area contributed by atoms with Crippen LogP contribution in [0.3, 0.4) is 0 Å². The summed E-state index contributed by atoms with van der Waals surface area (Å²) in [6.45, 7) is 11.2. The van der Waals surface area contributed by atoms with E-state index in [0.29, 0.717) is 17.9 Å². The second-order valence-electron chi connectivity index (χ2n) is 6.76. The standard InChI is InChI=1S/C22H27BrN6O2/c1-6-10-13(3)16(7-2)20(30)24-15(5)28-29-19(14(4)23)21(31)27-22-25-17-11-8-9-12-18(17)26-22/h6,8-12,15,28H,4,7H2,1-3,5H3,(H,24,30)(H2,25,26,27,31)/b10-6-,16-13+,29-19+. The van der Waals surface area contributed by atoms with Gasteiger partial charge in [-0.3, -0.25) is 20.3 Å². The van der Waals surface area contributed by atoms with Crippen LogP contribution < -0.4 is 16.1 Å². The van der Waals surface area contributed by atoms with Crippen molar-refractivity contribution in [2.75, 3.05) is 5.32 Å². The summed E-state index contributed by atoms with van der Waals surface area (Å²) in [6.07, 6.45) is 3.86. The average molecular weight is 487 g/mol. The van der Waals surface area contributed by atoms with Crippen molar-refractivity contribution in [2.45, 2.75) is 40.3 Å². The molecule has 0 aliphatic carbocycles. The number of nitrogens with zero attached hydrogens (tertiary/aromatic N) is 2. The second kappa shape index (κ2) is 11.3. The van der Waals surface area contributed by atoms with Crippen LogP contribution in [0.5, 0.6) is 0 Å². The van der Waals surface area contributed by atoms with Crippen LogP contribution in [0, 0.1) is 0 Å². The first-order valence-corrected chi connectivity index (χ1v) is 10.6. The number of allylic oxidation sites excluding steroid dienone is 3. The zero-order chi connectivity index (χ0) is 23.0. The number of rotatable bonds is 9. The number of aromatic amines is 1. The van der Waals surface area contributed by atoms with Crippen molar-refractivity contribution in [3.05, 3.63) is 58.6 Å². The van der Waals surface area contributed by atoms with Gasteiger partial charge in [0, 0.05) is 10.1 Å². The van der Waals surface area contributed by atoms with Gasteiger partial charge in [-0.2, -0.15) is 5.10 Å². The number of halogens is 1. The Labute approximate surface area is 190 Å². The van der Waals surface area contributed by atoms with E-state index in [0.717, 1.165) is 16.6 Å². The van der Waals surface area contributed by atoms with Gasteiger partial charge in [0.2, 0.25) is 11.9 Å². The van der Waals surface area contributed by atoms with Crippen LogP contribution in [0.1, 0.15) is 34.1 Å². The molecule has 0 bridgehead atoms. The van der Waals surface area contributed by atoms with Gasteiger partial charge in [-0.15, -0.1) is 0 Å². The van der Waals surface area contributed by atoms with E-state index in [9.17, 15) is 9.59 Å². The molecule has 8 nitrogen and oxygen atoms in total. The monoisotopic (exact) mass is 486 g/mol. The minimum Gasteiger partial charge on any atom is -0.331 e. The molecular formula is C22H27BrN6O2. The number of aromatic nitrogens is 2. The number of H-pyrrole nitrogens is 1. The minimum atomic E-state index is -0.520. The summed E-state index contributed by atoms with van der Waals surface area (Å²) in [7, 11) is 0. The first-order valence-electron chi connectivity index (χ1n) is 9.84. The maximum atomic E-state index is 12.6. The lowest BCUT2D eigenvalue weighted by atomic mass is 10.1. The predicted molar refractivity (Wildman–Crippen MR) is 129 cm³/mol. The molecule has 0 saturated heterocycles. The molecule has 0 saturated carbocycles. The second-order valence-corrected chi connectivity index (χ2v) is 7.72. The number of benzene rings is 1. The van der Waals surface area contributed by atoms with E-state index in [-0.39, 0.29) is 16.1 Å². The number of para-hydroxylation sites is 2. The van der Waals surface area contributed by atoms with Crippen molar-refractivity contribution >= 4 is 50.4 Å². The fraction of sp³-hybridized carbons (Fsp3) is 0.273. The van der Waals surface area contributed by atoms with E-state index in [1.165, 1.54) is 0 Å². The third-order valence-electron chi connectivity index (χ3n) is 4.33. The molecule has 0 aliphatic rings. The average Bonchev–Trinajstić information content (AvgIpc) is 3.10. The van der Waals surface area contributed by atoms with Crippen LogP contribution in [0.15, 0.2) is 63.7 Å². The Kier molecular flexibility index (Phi) is 8.75. The van der Waals surface area contributed by atoms with Crippen LogP contribution >= 0.6 is 15.9 Å². The number of imidazole rings is 1. The fourth-order valence-electron chi connectivity index (χ4n) is 2.86. The molecule has 4 N–H and O–H groups in total. The van der Waals surface area contributed by atoms with Gasteiger partial charge >= 0.3 is 0 Å². The van der Waals surface area contributed by atoms with Crippen LogP contribution in [0.2, 0.25) is 0 Å². The molecule has 1 aromatic heterocycles. The number of hydrogen-bond donors (Lipinski definition) is 4. The molecular weight excluding hydrogens is 460 g/mol. The fourth-order valence-corrected chi connectivity index (χ4v) is 3.13. The molecule has 2 amide bonds. The minimum absolute atomic E-state index is 0.0258. The first kappa shape index (κ1) is 24.1. The van der Waals surface area contributed by atoms with Gasteiger partial charge in [0.1, 0.15) is 6.17 Å². The summed E-state index contributed by atoms with van der Waals surface area (Å²) < 4.78 is 0.283. The zero-order valence-electron chi connectivity index (χ0n) is 18.0. The Balaban J connectivity index is 2.07. The largest absolute Gasteiger partial charge is 0.331 e. The van der Waals surface area contributed by atoms with Crippen molar-refractivity contribution in [3.8, 4) is 0 Å². The van der Waals surface area contributed by atoms with E-state index in [1.54, 1.807) is 6.92 Å². The first-order chi connectivity index (χ1) is 14.8. The van der Waals surface area contributed by atoms with Gasteiger partial charge in [0.05, 0.1) is 11.0 Å². The number of carbonyl (C=O) groups excluding carboxylic acids is 2. The third kappa shape index (κ3) is 6.65. The molecule has 1 heterocycles. The van der Waals surface area contributed by atoms with E-state index in [1.807, 2.05) is 57.2 Å². The SMILES string of the molecule is C=C(Br)/C(=N\NC(C)NC(=O)/C(CC)=C(C)/C=C\C)C(=O)Nc1nc2ccccc2[nH]1. The van der Waals surface area contributed by atoms with E-state index in [4.69, 9.17) is 0 Å². The van der Waals surface area contributed by atoms with Crippen molar-refractivity contribution < 1.29 is 9.59 Å². The van der Waals surface area contributed by atoms with Crippen molar-refractivity contribution in [1.82, 2.24) is 20.7 Å². The topological polar surface area (TPSA) is 111 Å². The van der Waals surface area contributed by atoms with Crippen LogP contribution in [0.4, 0.5) is 5.95 Å². The third-order valence-corrected chi connectivity index (χ3v) is 4.71. The van der Waals surface area contributed by atoms with Gasteiger partial charge in [-0.05, 0) is 60.8 Å². The number of fused-ring (bicyclic) bond motifs is 1. The number of anilines is 1. The Hall–Kier alpha value is -3.20. The van der Waals surface area contributed by atoms with E-state index >= 15 is 0 Å². The number of hydrazone groups is 1.